The summed E-state index contributed by atoms with van der Waals surface area (Å²) in [5.41, 5.74) is 0.784. The molecule has 0 atom stereocenters. The van der Waals surface area contributed by atoms with E-state index in [9.17, 15) is 21.6 Å². The predicted octanol–water partition coefficient (Wildman–Crippen LogP) is 4.02. The normalized spacial score (nSPS) is 12.7. The maximum Gasteiger partial charge on any atom is 0.573 e. The third-order valence-corrected chi connectivity index (χ3v) is 6.30. The second kappa shape index (κ2) is 6.86. The molecule has 2 aromatic carbocycles. The van der Waals surface area contributed by atoms with Gasteiger partial charge in [0.25, 0.3) is 0 Å². The fourth-order valence-electron chi connectivity index (χ4n) is 2.26. The van der Waals surface area contributed by atoms with Crippen LogP contribution in [0.15, 0.2) is 53.4 Å². The van der Waals surface area contributed by atoms with Gasteiger partial charge in [-0.15, -0.1) is 24.5 Å². The summed E-state index contributed by atoms with van der Waals surface area (Å²) in [5, 5.41) is 0.620. The number of alkyl halides is 3. The van der Waals surface area contributed by atoms with Crippen LogP contribution < -0.4 is 4.74 Å². The van der Waals surface area contributed by atoms with Crippen LogP contribution in [-0.2, 0) is 16.6 Å². The molecule has 0 saturated heterocycles. The summed E-state index contributed by atoms with van der Waals surface area (Å²) in [4.78, 5) is 4.25. The summed E-state index contributed by atoms with van der Waals surface area (Å²) in [5.74, 6) is -0.481. The summed E-state index contributed by atoms with van der Waals surface area (Å²) in [7, 11) is -2.48. The number of thiazole rings is 1. The average Bonchev–Trinajstić information content (AvgIpc) is 2.96. The second-order valence-corrected chi connectivity index (χ2v) is 8.52. The minimum absolute atomic E-state index is 0.0580. The van der Waals surface area contributed by atoms with Crippen LogP contribution in [0.25, 0.3) is 10.2 Å². The number of benzene rings is 2. The van der Waals surface area contributed by atoms with Crippen molar-refractivity contribution in [2.45, 2.75) is 17.8 Å². The van der Waals surface area contributed by atoms with Crippen molar-refractivity contribution >= 4 is 31.6 Å². The van der Waals surface area contributed by atoms with Crippen LogP contribution in [-0.4, -0.2) is 31.1 Å². The first-order valence-corrected chi connectivity index (χ1v) is 9.57. The second-order valence-electron chi connectivity index (χ2n) is 5.36. The van der Waals surface area contributed by atoms with Crippen molar-refractivity contribution < 1.29 is 26.3 Å². The van der Waals surface area contributed by atoms with Crippen LogP contribution >= 0.6 is 11.3 Å². The molecular formula is C16H13F3N2O3S2. The van der Waals surface area contributed by atoms with Gasteiger partial charge >= 0.3 is 6.36 Å². The topological polar surface area (TPSA) is 59.5 Å². The van der Waals surface area contributed by atoms with E-state index >= 15 is 0 Å². The lowest BCUT2D eigenvalue weighted by atomic mass is 10.3. The van der Waals surface area contributed by atoms with E-state index in [0.717, 1.165) is 38.8 Å². The van der Waals surface area contributed by atoms with E-state index < -0.39 is 22.1 Å². The number of fused-ring (bicyclic) bond motifs is 1. The Morgan fingerprint density at radius 3 is 2.38 bits per heavy atom. The molecule has 0 aliphatic rings. The molecule has 138 valence electrons. The van der Waals surface area contributed by atoms with Gasteiger partial charge in [-0.25, -0.2) is 13.4 Å². The number of hydrogen-bond acceptors (Lipinski definition) is 5. The van der Waals surface area contributed by atoms with E-state index in [1.54, 1.807) is 0 Å². The molecule has 3 aromatic rings. The Balaban J connectivity index is 1.78. The molecule has 0 amide bonds. The number of ether oxygens (including phenoxy) is 1. The van der Waals surface area contributed by atoms with Gasteiger partial charge in [0.15, 0.2) is 0 Å². The fraction of sp³-hybridized carbons (Fsp3) is 0.188. The van der Waals surface area contributed by atoms with E-state index in [-0.39, 0.29) is 11.4 Å². The molecule has 3 rings (SSSR count). The van der Waals surface area contributed by atoms with Gasteiger partial charge in [0.1, 0.15) is 10.8 Å². The maximum absolute atomic E-state index is 12.6. The fourth-order valence-corrected chi connectivity index (χ4v) is 4.49. The van der Waals surface area contributed by atoms with Crippen molar-refractivity contribution in [2.75, 3.05) is 7.05 Å². The van der Waals surface area contributed by atoms with Gasteiger partial charge in [0.2, 0.25) is 10.0 Å². The molecule has 0 aliphatic carbocycles. The molecule has 0 radical (unpaired) electrons. The maximum atomic E-state index is 12.6. The Bertz CT molecular complexity index is 982. The lowest BCUT2D eigenvalue weighted by Gasteiger charge is -2.16. The molecule has 0 saturated carbocycles. The molecule has 0 spiro atoms. The highest BCUT2D eigenvalue weighted by Gasteiger charge is 2.31. The largest absolute Gasteiger partial charge is 0.573 e. The molecule has 0 aliphatic heterocycles. The molecule has 0 fully saturated rings. The standard InChI is InChI=1S/C16H13F3N2O3S2/c1-21(10-15-20-13-4-2-3-5-14(13)25-15)26(22,23)12-8-6-11(7-9-12)24-16(17,18)19/h2-9H,10H2,1H3. The summed E-state index contributed by atoms with van der Waals surface area (Å²) < 4.78 is 67.5. The zero-order chi connectivity index (χ0) is 18.9. The van der Waals surface area contributed by atoms with Crippen LogP contribution in [0.3, 0.4) is 0 Å². The third-order valence-electron chi connectivity index (χ3n) is 3.46. The SMILES string of the molecule is CN(Cc1nc2ccccc2s1)S(=O)(=O)c1ccc(OC(F)(F)F)cc1. The molecule has 1 aromatic heterocycles. The number of halogens is 3. The average molecular weight is 402 g/mol. The summed E-state index contributed by atoms with van der Waals surface area (Å²) >= 11 is 1.38. The molecule has 10 heteroatoms. The number of sulfonamides is 1. The highest BCUT2D eigenvalue weighted by molar-refractivity contribution is 7.89. The zero-order valence-electron chi connectivity index (χ0n) is 13.4. The Kier molecular flexibility index (Phi) is 4.91. The van der Waals surface area contributed by atoms with Crippen molar-refractivity contribution in [2.24, 2.45) is 0 Å². The highest BCUT2D eigenvalue weighted by atomic mass is 32.2. The number of nitrogens with zero attached hydrogens (tertiary/aromatic N) is 2. The molecule has 0 N–H and O–H groups in total. The van der Waals surface area contributed by atoms with Crippen LogP contribution in [0, 0.1) is 0 Å². The molecule has 1 heterocycles. The van der Waals surface area contributed by atoms with Gasteiger partial charge in [0, 0.05) is 7.05 Å². The smallest absolute Gasteiger partial charge is 0.406 e. The van der Waals surface area contributed by atoms with Gasteiger partial charge in [-0.1, -0.05) is 12.1 Å². The Labute approximate surface area is 151 Å². The minimum atomic E-state index is -4.83. The van der Waals surface area contributed by atoms with Crippen molar-refractivity contribution in [1.82, 2.24) is 9.29 Å². The zero-order valence-corrected chi connectivity index (χ0v) is 15.0. The van der Waals surface area contributed by atoms with Gasteiger partial charge < -0.3 is 4.74 Å². The van der Waals surface area contributed by atoms with Crippen molar-refractivity contribution in [3.05, 3.63) is 53.5 Å². The molecule has 0 bridgehead atoms. The minimum Gasteiger partial charge on any atom is -0.406 e. The van der Waals surface area contributed by atoms with Crippen molar-refractivity contribution in [1.29, 1.82) is 0 Å². The lowest BCUT2D eigenvalue weighted by Crippen LogP contribution is -2.26. The van der Waals surface area contributed by atoms with E-state index in [1.165, 1.54) is 18.4 Å². The van der Waals surface area contributed by atoms with Crippen molar-refractivity contribution in [3.63, 3.8) is 0 Å². The van der Waals surface area contributed by atoms with Gasteiger partial charge in [0.05, 0.1) is 21.7 Å². The molecule has 5 nitrogen and oxygen atoms in total. The van der Waals surface area contributed by atoms with Gasteiger partial charge in [-0.3, -0.25) is 0 Å². The molecular weight excluding hydrogens is 389 g/mol. The van der Waals surface area contributed by atoms with E-state index in [0.29, 0.717) is 5.01 Å². The van der Waals surface area contributed by atoms with E-state index in [1.807, 2.05) is 24.3 Å². The lowest BCUT2D eigenvalue weighted by molar-refractivity contribution is -0.274. The third kappa shape index (κ3) is 4.14. The van der Waals surface area contributed by atoms with Crippen LogP contribution in [0.5, 0.6) is 5.75 Å². The van der Waals surface area contributed by atoms with E-state index in [2.05, 4.69) is 9.72 Å². The van der Waals surface area contributed by atoms with Gasteiger partial charge in [-0.05, 0) is 36.4 Å². The predicted molar refractivity (Wildman–Crippen MR) is 91.4 cm³/mol. The monoisotopic (exact) mass is 402 g/mol. The number of hydrogen-bond donors (Lipinski definition) is 0. The summed E-state index contributed by atoms with van der Waals surface area (Å²) in [6, 6.07) is 11.5. The molecule has 0 unspecified atom stereocenters. The number of rotatable bonds is 5. The Morgan fingerprint density at radius 1 is 1.12 bits per heavy atom. The quantitative estimate of drug-likeness (QED) is 0.647. The Morgan fingerprint density at radius 2 is 1.77 bits per heavy atom. The first kappa shape index (κ1) is 18.6. The van der Waals surface area contributed by atoms with Gasteiger partial charge in [-0.2, -0.15) is 4.31 Å². The summed E-state index contributed by atoms with van der Waals surface area (Å²) in [6.45, 7) is 0.0580. The van der Waals surface area contributed by atoms with Crippen LogP contribution in [0.4, 0.5) is 13.2 Å². The first-order valence-electron chi connectivity index (χ1n) is 7.32. The number of aromatic nitrogens is 1. The van der Waals surface area contributed by atoms with Crippen molar-refractivity contribution in [3.8, 4) is 5.75 Å². The summed E-state index contributed by atoms with van der Waals surface area (Å²) in [6.07, 6.45) is -4.83. The first-order chi connectivity index (χ1) is 12.1. The number of para-hydroxylation sites is 1. The Hall–Kier alpha value is -2.17. The highest BCUT2D eigenvalue weighted by Crippen LogP contribution is 2.27. The van der Waals surface area contributed by atoms with E-state index in [4.69, 9.17) is 0 Å². The molecule has 26 heavy (non-hydrogen) atoms. The van der Waals surface area contributed by atoms with Crippen LogP contribution in [0.2, 0.25) is 0 Å². The van der Waals surface area contributed by atoms with Crippen LogP contribution in [0.1, 0.15) is 5.01 Å².